The molecule has 0 saturated heterocycles. The first-order chi connectivity index (χ1) is 9.12. The first-order valence-corrected chi connectivity index (χ1v) is 7.83. The standard InChI is InChI=1S/C13H17N3O2S/c1-2-10-19(17,18)15-11-12-6-3-4-7-13(12)16-9-5-8-14-16/h3-9,15H,2,10-11H2,1H3. The summed E-state index contributed by atoms with van der Waals surface area (Å²) in [5.41, 5.74) is 1.78. The Hall–Kier alpha value is -1.66. The summed E-state index contributed by atoms with van der Waals surface area (Å²) in [5.74, 6) is 0.150. The van der Waals surface area contributed by atoms with Gasteiger partial charge in [0, 0.05) is 18.9 Å². The number of para-hydroxylation sites is 1. The van der Waals surface area contributed by atoms with Crippen LogP contribution in [0.15, 0.2) is 42.7 Å². The summed E-state index contributed by atoms with van der Waals surface area (Å²) < 4.78 is 27.7. The SMILES string of the molecule is CCCS(=O)(=O)NCc1ccccc1-n1cccn1. The smallest absolute Gasteiger partial charge is 0.211 e. The molecule has 0 amide bonds. The second-order valence-electron chi connectivity index (χ2n) is 4.22. The van der Waals surface area contributed by atoms with Crippen LogP contribution >= 0.6 is 0 Å². The lowest BCUT2D eigenvalue weighted by molar-refractivity contribution is 0.579. The quantitative estimate of drug-likeness (QED) is 0.875. The molecule has 2 rings (SSSR count). The molecular weight excluding hydrogens is 262 g/mol. The minimum absolute atomic E-state index is 0.150. The molecule has 1 heterocycles. The second-order valence-corrected chi connectivity index (χ2v) is 6.15. The first-order valence-electron chi connectivity index (χ1n) is 6.17. The minimum Gasteiger partial charge on any atom is -0.241 e. The predicted molar refractivity (Wildman–Crippen MR) is 74.5 cm³/mol. The van der Waals surface area contributed by atoms with E-state index in [1.54, 1.807) is 10.9 Å². The highest BCUT2D eigenvalue weighted by Crippen LogP contribution is 2.13. The molecule has 0 aliphatic rings. The predicted octanol–water partition coefficient (Wildman–Crippen LogP) is 1.70. The van der Waals surface area contributed by atoms with E-state index in [0.717, 1.165) is 11.3 Å². The summed E-state index contributed by atoms with van der Waals surface area (Å²) in [7, 11) is -3.20. The molecule has 0 bridgehead atoms. The molecule has 0 atom stereocenters. The van der Waals surface area contributed by atoms with Gasteiger partial charge in [0.05, 0.1) is 11.4 Å². The van der Waals surface area contributed by atoms with Crippen LogP contribution in [-0.4, -0.2) is 24.0 Å². The van der Waals surface area contributed by atoms with E-state index < -0.39 is 10.0 Å². The lowest BCUT2D eigenvalue weighted by Crippen LogP contribution is -2.26. The number of nitrogens with zero attached hydrogens (tertiary/aromatic N) is 2. The molecule has 0 unspecified atom stereocenters. The monoisotopic (exact) mass is 279 g/mol. The molecule has 0 saturated carbocycles. The van der Waals surface area contributed by atoms with Crippen molar-refractivity contribution in [3.63, 3.8) is 0 Å². The highest BCUT2D eigenvalue weighted by Gasteiger charge is 2.10. The zero-order chi connectivity index (χ0) is 13.7. The molecule has 1 aromatic heterocycles. The van der Waals surface area contributed by atoms with Gasteiger partial charge in [-0.25, -0.2) is 17.8 Å². The van der Waals surface area contributed by atoms with Gasteiger partial charge in [0.15, 0.2) is 0 Å². The second kappa shape index (κ2) is 5.99. The number of nitrogens with one attached hydrogen (secondary N) is 1. The number of rotatable bonds is 6. The summed E-state index contributed by atoms with van der Waals surface area (Å²) in [6.07, 6.45) is 4.13. The van der Waals surface area contributed by atoms with Crippen LogP contribution in [0.4, 0.5) is 0 Å². The van der Waals surface area contributed by atoms with E-state index in [1.807, 2.05) is 43.5 Å². The van der Waals surface area contributed by atoms with Gasteiger partial charge in [-0.15, -0.1) is 0 Å². The topological polar surface area (TPSA) is 64.0 Å². The van der Waals surface area contributed by atoms with E-state index >= 15 is 0 Å². The van der Waals surface area contributed by atoms with Crippen molar-refractivity contribution in [1.82, 2.24) is 14.5 Å². The van der Waals surface area contributed by atoms with Crippen molar-refractivity contribution in [1.29, 1.82) is 0 Å². The van der Waals surface area contributed by atoms with Gasteiger partial charge in [0.25, 0.3) is 0 Å². The lowest BCUT2D eigenvalue weighted by Gasteiger charge is -2.10. The zero-order valence-electron chi connectivity index (χ0n) is 10.8. The van der Waals surface area contributed by atoms with Crippen molar-refractivity contribution in [2.24, 2.45) is 0 Å². The molecule has 6 heteroatoms. The number of benzene rings is 1. The third kappa shape index (κ3) is 3.65. The normalized spacial score (nSPS) is 11.6. The lowest BCUT2D eigenvalue weighted by atomic mass is 10.2. The van der Waals surface area contributed by atoms with E-state index in [9.17, 15) is 8.42 Å². The van der Waals surface area contributed by atoms with Crippen LogP contribution in [-0.2, 0) is 16.6 Å². The van der Waals surface area contributed by atoms with Crippen molar-refractivity contribution in [3.8, 4) is 5.69 Å². The van der Waals surface area contributed by atoms with Gasteiger partial charge >= 0.3 is 0 Å². The highest BCUT2D eigenvalue weighted by molar-refractivity contribution is 7.89. The summed E-state index contributed by atoms with van der Waals surface area (Å²) in [6, 6.07) is 9.43. The number of hydrogen-bond acceptors (Lipinski definition) is 3. The summed E-state index contributed by atoms with van der Waals surface area (Å²) >= 11 is 0. The van der Waals surface area contributed by atoms with Crippen molar-refractivity contribution in [2.75, 3.05) is 5.75 Å². The molecule has 1 N–H and O–H groups in total. The highest BCUT2D eigenvalue weighted by atomic mass is 32.2. The fraction of sp³-hybridized carbons (Fsp3) is 0.308. The molecule has 0 aliphatic heterocycles. The molecule has 1 aromatic carbocycles. The van der Waals surface area contributed by atoms with E-state index in [1.165, 1.54) is 0 Å². The van der Waals surface area contributed by atoms with Gasteiger partial charge in [0.2, 0.25) is 10.0 Å². The maximum Gasteiger partial charge on any atom is 0.211 e. The van der Waals surface area contributed by atoms with E-state index in [4.69, 9.17) is 0 Å². The average Bonchev–Trinajstić information content (AvgIpc) is 2.90. The largest absolute Gasteiger partial charge is 0.241 e. The molecule has 0 radical (unpaired) electrons. The van der Waals surface area contributed by atoms with Crippen LogP contribution in [0.25, 0.3) is 5.69 Å². The molecular formula is C13H17N3O2S. The maximum absolute atomic E-state index is 11.7. The van der Waals surface area contributed by atoms with E-state index in [0.29, 0.717) is 6.42 Å². The van der Waals surface area contributed by atoms with Crippen molar-refractivity contribution in [2.45, 2.75) is 19.9 Å². The third-order valence-corrected chi connectivity index (χ3v) is 4.23. The molecule has 5 nitrogen and oxygen atoms in total. The fourth-order valence-corrected chi connectivity index (χ4v) is 2.88. The Balaban J connectivity index is 2.18. The Morgan fingerprint density at radius 3 is 2.74 bits per heavy atom. The Morgan fingerprint density at radius 1 is 1.26 bits per heavy atom. The molecule has 0 spiro atoms. The molecule has 2 aromatic rings. The first kappa shape index (κ1) is 13.8. The molecule has 0 aliphatic carbocycles. The molecule has 0 fully saturated rings. The Bertz CT molecular complexity index is 621. The van der Waals surface area contributed by atoms with Crippen LogP contribution in [0.1, 0.15) is 18.9 Å². The molecule has 19 heavy (non-hydrogen) atoms. The van der Waals surface area contributed by atoms with Crippen molar-refractivity contribution >= 4 is 10.0 Å². The zero-order valence-corrected chi connectivity index (χ0v) is 11.6. The fourth-order valence-electron chi connectivity index (χ4n) is 1.82. The van der Waals surface area contributed by atoms with E-state index in [-0.39, 0.29) is 12.3 Å². The van der Waals surface area contributed by atoms with Gasteiger partial charge < -0.3 is 0 Å². The van der Waals surface area contributed by atoms with E-state index in [2.05, 4.69) is 9.82 Å². The van der Waals surface area contributed by atoms with Gasteiger partial charge in [-0.1, -0.05) is 25.1 Å². The van der Waals surface area contributed by atoms with Crippen LogP contribution < -0.4 is 4.72 Å². The number of hydrogen-bond donors (Lipinski definition) is 1. The summed E-state index contributed by atoms with van der Waals surface area (Å²) in [4.78, 5) is 0. The average molecular weight is 279 g/mol. The Kier molecular flexibility index (Phi) is 4.34. The number of aromatic nitrogens is 2. The summed E-state index contributed by atoms with van der Waals surface area (Å²) in [6.45, 7) is 2.12. The molecule has 102 valence electrons. The number of sulfonamides is 1. The van der Waals surface area contributed by atoms with Gasteiger partial charge in [-0.05, 0) is 24.1 Å². The minimum atomic E-state index is -3.20. The van der Waals surface area contributed by atoms with Gasteiger partial charge in [0.1, 0.15) is 0 Å². The van der Waals surface area contributed by atoms with Crippen LogP contribution in [0.5, 0.6) is 0 Å². The van der Waals surface area contributed by atoms with Crippen LogP contribution in [0.2, 0.25) is 0 Å². The van der Waals surface area contributed by atoms with Crippen molar-refractivity contribution < 1.29 is 8.42 Å². The maximum atomic E-state index is 11.7. The van der Waals surface area contributed by atoms with Crippen LogP contribution in [0, 0.1) is 0 Å². The third-order valence-electron chi connectivity index (χ3n) is 2.70. The van der Waals surface area contributed by atoms with Gasteiger partial charge in [-0.3, -0.25) is 0 Å². The Morgan fingerprint density at radius 2 is 2.05 bits per heavy atom. The van der Waals surface area contributed by atoms with Crippen LogP contribution in [0.3, 0.4) is 0 Å². The Labute approximate surface area is 113 Å². The summed E-state index contributed by atoms with van der Waals surface area (Å²) in [5, 5.41) is 4.17. The van der Waals surface area contributed by atoms with Gasteiger partial charge in [-0.2, -0.15) is 5.10 Å². The van der Waals surface area contributed by atoms with Crippen molar-refractivity contribution in [3.05, 3.63) is 48.3 Å².